The second-order valence-corrected chi connectivity index (χ2v) is 15.7. The summed E-state index contributed by atoms with van der Waals surface area (Å²) < 4.78 is 13.2. The highest BCUT2D eigenvalue weighted by atomic mass is 35.5. The zero-order valence-corrected chi connectivity index (χ0v) is 31.5. The highest BCUT2D eigenvalue weighted by Crippen LogP contribution is 2.32. The predicted molar refractivity (Wildman–Crippen MR) is 207 cm³/mol. The first-order valence-electron chi connectivity index (χ1n) is 17.7. The smallest absolute Gasteiger partial charge is 0.126 e. The van der Waals surface area contributed by atoms with E-state index in [0.717, 1.165) is 58.6 Å². The van der Waals surface area contributed by atoms with Crippen molar-refractivity contribution in [3.05, 3.63) is 105 Å². The lowest BCUT2D eigenvalue weighted by molar-refractivity contribution is 0.256. The largest absolute Gasteiger partial charge is 0.207 e. The second kappa shape index (κ2) is 24.1. The molecule has 4 rings (SSSR count). The van der Waals surface area contributed by atoms with Gasteiger partial charge in [0, 0.05) is 5.02 Å². The van der Waals surface area contributed by atoms with Gasteiger partial charge in [-0.25, -0.2) is 4.39 Å². The van der Waals surface area contributed by atoms with Crippen molar-refractivity contribution in [1.29, 1.82) is 0 Å². The zero-order valence-electron chi connectivity index (χ0n) is 30.7. The second-order valence-electron chi connectivity index (χ2n) is 15.3. The number of aryl methyl sites for hydroxylation is 2. The number of halogens is 2. The van der Waals surface area contributed by atoms with Crippen LogP contribution in [0.15, 0.2) is 66.7 Å². The van der Waals surface area contributed by atoms with E-state index in [0.29, 0.717) is 5.92 Å². The van der Waals surface area contributed by atoms with Crippen LogP contribution in [0.1, 0.15) is 130 Å². The van der Waals surface area contributed by atoms with Crippen molar-refractivity contribution in [3.8, 4) is 0 Å². The van der Waals surface area contributed by atoms with Crippen LogP contribution >= 0.6 is 11.6 Å². The standard InChI is InChI=1S/C11H15F.C11H22.C11H16.C10H13Cl.CH4/c1-8(2)6-10-5-4-9(3)7-11(10)12;2*1-9(2)8-11-6-4-10(3)5-7-11;1-8(2)7-9-3-5-10(11)6-4-9;/h4-5,7-8H,6H2,1-3H3;9-11H,4-8H2,1-3H3;4-7,9H,8H2,1-3H3;3-6,8H,7H2,1-2H3;1H4. The summed E-state index contributed by atoms with van der Waals surface area (Å²) in [7, 11) is 0. The van der Waals surface area contributed by atoms with E-state index in [9.17, 15) is 4.39 Å². The fourth-order valence-electron chi connectivity index (χ4n) is 5.78. The molecule has 0 amide bonds. The van der Waals surface area contributed by atoms with Gasteiger partial charge in [0.05, 0.1) is 0 Å². The number of hydrogen-bond donors (Lipinski definition) is 0. The molecule has 0 nitrogen and oxygen atoms in total. The van der Waals surface area contributed by atoms with Crippen LogP contribution in [0.4, 0.5) is 4.39 Å². The topological polar surface area (TPSA) is 0 Å². The van der Waals surface area contributed by atoms with Crippen molar-refractivity contribution >= 4 is 11.6 Å². The van der Waals surface area contributed by atoms with Gasteiger partial charge in [-0.2, -0.15) is 0 Å². The molecule has 0 radical (unpaired) electrons. The Kier molecular flexibility index (Phi) is 23.0. The molecule has 0 unspecified atom stereocenters. The average Bonchev–Trinajstić information content (AvgIpc) is 2.94. The first kappa shape index (κ1) is 43.9. The lowest BCUT2D eigenvalue weighted by Crippen LogP contribution is -2.13. The van der Waals surface area contributed by atoms with Gasteiger partial charge in [-0.3, -0.25) is 0 Å². The molecule has 2 heteroatoms. The molecule has 0 aliphatic heterocycles. The van der Waals surface area contributed by atoms with E-state index in [1.807, 2.05) is 31.2 Å². The molecule has 0 N–H and O–H groups in total. The molecule has 3 aromatic rings. The van der Waals surface area contributed by atoms with Gasteiger partial charge in [0.15, 0.2) is 0 Å². The Morgan fingerprint density at radius 1 is 0.609 bits per heavy atom. The summed E-state index contributed by atoms with van der Waals surface area (Å²) in [6, 6.07) is 22.3. The number of hydrogen-bond acceptors (Lipinski definition) is 0. The van der Waals surface area contributed by atoms with Crippen LogP contribution < -0.4 is 0 Å². The van der Waals surface area contributed by atoms with Gasteiger partial charge < -0.3 is 0 Å². The van der Waals surface area contributed by atoms with E-state index in [1.54, 1.807) is 6.07 Å². The first-order chi connectivity index (χ1) is 21.1. The van der Waals surface area contributed by atoms with Gasteiger partial charge in [-0.15, -0.1) is 0 Å². The van der Waals surface area contributed by atoms with E-state index in [1.165, 1.54) is 55.2 Å². The van der Waals surface area contributed by atoms with Crippen LogP contribution in [0.25, 0.3) is 0 Å². The summed E-state index contributed by atoms with van der Waals surface area (Å²) in [5.41, 5.74) is 5.98. The van der Waals surface area contributed by atoms with E-state index >= 15 is 0 Å². The summed E-state index contributed by atoms with van der Waals surface area (Å²) in [4.78, 5) is 0. The predicted octanol–water partition coefficient (Wildman–Crippen LogP) is 14.6. The summed E-state index contributed by atoms with van der Waals surface area (Å²) in [6.45, 7) is 24.2. The molecule has 0 atom stereocenters. The summed E-state index contributed by atoms with van der Waals surface area (Å²) in [5.74, 6) is 4.91. The van der Waals surface area contributed by atoms with Gasteiger partial charge in [0.2, 0.25) is 0 Å². The molecular formula is C44H70ClF. The summed E-state index contributed by atoms with van der Waals surface area (Å²) in [5, 5.41) is 0.817. The van der Waals surface area contributed by atoms with Crippen LogP contribution in [-0.4, -0.2) is 0 Å². The maximum Gasteiger partial charge on any atom is 0.126 e. The third-order valence-corrected chi connectivity index (χ3v) is 8.35. The van der Waals surface area contributed by atoms with Crippen molar-refractivity contribution in [2.45, 2.75) is 135 Å². The van der Waals surface area contributed by atoms with Crippen LogP contribution in [0, 0.1) is 55.2 Å². The Labute approximate surface area is 291 Å². The lowest BCUT2D eigenvalue weighted by Gasteiger charge is -2.27. The van der Waals surface area contributed by atoms with E-state index in [4.69, 9.17) is 11.6 Å². The molecule has 1 aliphatic rings. The Bertz CT molecular complexity index is 1100. The number of rotatable bonds is 8. The third-order valence-electron chi connectivity index (χ3n) is 8.10. The lowest BCUT2D eigenvalue weighted by atomic mass is 9.79. The molecule has 0 bridgehead atoms. The number of benzene rings is 3. The molecule has 0 spiro atoms. The summed E-state index contributed by atoms with van der Waals surface area (Å²) >= 11 is 5.75. The first-order valence-corrected chi connectivity index (χ1v) is 18.1. The van der Waals surface area contributed by atoms with Crippen LogP contribution in [0.5, 0.6) is 0 Å². The van der Waals surface area contributed by atoms with Crippen LogP contribution in [0.2, 0.25) is 5.02 Å². The van der Waals surface area contributed by atoms with Gasteiger partial charge in [0.1, 0.15) is 5.82 Å². The SMILES string of the molecule is C.CC(C)CC1CCC(C)CC1.CC(C)Cc1ccc(Cl)cc1.Cc1ccc(CC(C)C)c(F)c1.Cc1ccc(CC(C)C)cc1. The monoisotopic (exact) mass is 653 g/mol. The third kappa shape index (κ3) is 21.6. The Morgan fingerprint density at radius 2 is 1.04 bits per heavy atom. The van der Waals surface area contributed by atoms with Gasteiger partial charge in [0.25, 0.3) is 0 Å². The van der Waals surface area contributed by atoms with Crippen molar-refractivity contribution in [3.63, 3.8) is 0 Å². The minimum Gasteiger partial charge on any atom is -0.207 e. The minimum atomic E-state index is -0.0660. The molecule has 1 saturated carbocycles. The highest BCUT2D eigenvalue weighted by molar-refractivity contribution is 6.30. The fourth-order valence-corrected chi connectivity index (χ4v) is 5.90. The maximum absolute atomic E-state index is 13.2. The molecule has 260 valence electrons. The van der Waals surface area contributed by atoms with Gasteiger partial charge >= 0.3 is 0 Å². The zero-order chi connectivity index (χ0) is 33.9. The Balaban J connectivity index is 0.000000583. The van der Waals surface area contributed by atoms with Gasteiger partial charge in [-0.05, 0) is 115 Å². The van der Waals surface area contributed by atoms with Crippen molar-refractivity contribution < 1.29 is 4.39 Å². The van der Waals surface area contributed by atoms with Crippen molar-refractivity contribution in [2.75, 3.05) is 0 Å². The molecule has 46 heavy (non-hydrogen) atoms. The van der Waals surface area contributed by atoms with Crippen LogP contribution in [0.3, 0.4) is 0 Å². The molecule has 0 saturated heterocycles. The highest BCUT2D eigenvalue weighted by Gasteiger charge is 2.18. The van der Waals surface area contributed by atoms with Crippen molar-refractivity contribution in [1.82, 2.24) is 0 Å². The molecule has 1 fully saturated rings. The van der Waals surface area contributed by atoms with E-state index < -0.39 is 0 Å². The van der Waals surface area contributed by atoms with Gasteiger partial charge in [-0.1, -0.05) is 161 Å². The molecule has 1 aliphatic carbocycles. The molecule has 0 aromatic heterocycles. The quantitative estimate of drug-likeness (QED) is 0.227. The van der Waals surface area contributed by atoms with Crippen molar-refractivity contribution in [2.24, 2.45) is 35.5 Å². The molecular weight excluding hydrogens is 583 g/mol. The Morgan fingerprint density at radius 3 is 1.46 bits per heavy atom. The average molecular weight is 653 g/mol. The summed E-state index contributed by atoms with van der Waals surface area (Å²) in [6.07, 6.45) is 10.6. The van der Waals surface area contributed by atoms with E-state index in [2.05, 4.69) is 106 Å². The minimum absolute atomic E-state index is 0. The van der Waals surface area contributed by atoms with Crippen LogP contribution in [-0.2, 0) is 19.3 Å². The fraction of sp³-hybridized carbons (Fsp3) is 0.591. The van der Waals surface area contributed by atoms with E-state index in [-0.39, 0.29) is 13.2 Å². The Hall–Kier alpha value is -2.12. The molecule has 0 heterocycles. The maximum atomic E-state index is 13.2. The normalized spacial score (nSPS) is 15.7. The molecule has 3 aromatic carbocycles.